The summed E-state index contributed by atoms with van der Waals surface area (Å²) in [5.74, 6) is -0.435. The number of nitrogens with one attached hydrogen (secondary N) is 2. The van der Waals surface area contributed by atoms with E-state index < -0.39 is 0 Å². The van der Waals surface area contributed by atoms with Gasteiger partial charge in [-0.2, -0.15) is 0 Å². The molecule has 1 saturated heterocycles. The molecular formula is C12H13ClN2O2. The molecule has 0 bridgehead atoms. The number of imide groups is 1. The van der Waals surface area contributed by atoms with E-state index in [-0.39, 0.29) is 17.9 Å². The zero-order valence-corrected chi connectivity index (χ0v) is 9.96. The molecule has 1 aromatic carbocycles. The Hall–Kier alpha value is -1.39. The maximum absolute atomic E-state index is 11.5. The molecule has 0 aliphatic carbocycles. The van der Waals surface area contributed by atoms with Crippen molar-refractivity contribution in [3.05, 3.63) is 34.9 Å². The Morgan fingerprint density at radius 3 is 2.65 bits per heavy atom. The van der Waals surface area contributed by atoms with Crippen molar-refractivity contribution in [2.45, 2.75) is 25.4 Å². The number of carbonyl (C=O) groups is 2. The Morgan fingerprint density at radius 2 is 2.00 bits per heavy atom. The van der Waals surface area contributed by atoms with Crippen molar-refractivity contribution in [1.29, 1.82) is 0 Å². The van der Waals surface area contributed by atoms with E-state index in [4.69, 9.17) is 11.6 Å². The van der Waals surface area contributed by atoms with Crippen LogP contribution in [0.15, 0.2) is 24.3 Å². The highest BCUT2D eigenvalue weighted by Gasteiger charge is 2.25. The summed E-state index contributed by atoms with van der Waals surface area (Å²) < 4.78 is 0. The molecule has 1 aliphatic rings. The van der Waals surface area contributed by atoms with Crippen molar-refractivity contribution in [3.8, 4) is 0 Å². The van der Waals surface area contributed by atoms with Crippen LogP contribution in [0, 0.1) is 0 Å². The van der Waals surface area contributed by atoms with Gasteiger partial charge in [0.1, 0.15) is 0 Å². The summed E-state index contributed by atoms with van der Waals surface area (Å²) in [6.45, 7) is 0.587. The molecule has 0 saturated carbocycles. The topological polar surface area (TPSA) is 58.2 Å². The number of benzene rings is 1. The first kappa shape index (κ1) is 12.1. The molecule has 1 atom stereocenters. The van der Waals surface area contributed by atoms with Crippen LogP contribution in [0.3, 0.4) is 0 Å². The minimum absolute atomic E-state index is 0.195. The Kier molecular flexibility index (Phi) is 3.76. The monoisotopic (exact) mass is 252 g/mol. The van der Waals surface area contributed by atoms with Gasteiger partial charge < -0.3 is 5.32 Å². The molecule has 2 rings (SSSR count). The van der Waals surface area contributed by atoms with Gasteiger partial charge in [0.15, 0.2) is 0 Å². The van der Waals surface area contributed by atoms with Gasteiger partial charge in [-0.3, -0.25) is 14.9 Å². The lowest BCUT2D eigenvalue weighted by molar-refractivity contribution is -0.134. The number of carbonyl (C=O) groups excluding carboxylic acids is 2. The summed E-state index contributed by atoms with van der Waals surface area (Å²) in [6.07, 6.45) is 0.947. The van der Waals surface area contributed by atoms with Gasteiger partial charge in [-0.25, -0.2) is 0 Å². The molecule has 1 aliphatic heterocycles. The van der Waals surface area contributed by atoms with Crippen LogP contribution in [0.2, 0.25) is 5.02 Å². The van der Waals surface area contributed by atoms with Gasteiger partial charge in [0, 0.05) is 18.0 Å². The molecular weight excluding hydrogens is 240 g/mol. The molecule has 0 aromatic heterocycles. The molecule has 0 radical (unpaired) electrons. The fraction of sp³-hybridized carbons (Fsp3) is 0.333. The fourth-order valence-electron chi connectivity index (χ4n) is 1.73. The zero-order valence-electron chi connectivity index (χ0n) is 9.20. The van der Waals surface area contributed by atoms with Crippen molar-refractivity contribution in [1.82, 2.24) is 10.6 Å². The summed E-state index contributed by atoms with van der Waals surface area (Å²) in [4.78, 5) is 22.4. The summed E-state index contributed by atoms with van der Waals surface area (Å²) in [6, 6.07) is 7.14. The van der Waals surface area contributed by atoms with Gasteiger partial charge in [0.25, 0.3) is 0 Å². The van der Waals surface area contributed by atoms with Gasteiger partial charge >= 0.3 is 0 Å². The number of amides is 2. The van der Waals surface area contributed by atoms with E-state index in [9.17, 15) is 9.59 Å². The molecule has 2 amide bonds. The maximum Gasteiger partial charge on any atom is 0.243 e. The van der Waals surface area contributed by atoms with Crippen LogP contribution in [0.25, 0.3) is 0 Å². The highest BCUT2D eigenvalue weighted by atomic mass is 35.5. The second-order valence-corrected chi connectivity index (χ2v) is 4.45. The predicted molar refractivity (Wildman–Crippen MR) is 64.5 cm³/mol. The summed E-state index contributed by atoms with van der Waals surface area (Å²) >= 11 is 5.78. The molecule has 5 heteroatoms. The van der Waals surface area contributed by atoms with Crippen LogP contribution in [0.1, 0.15) is 18.4 Å². The van der Waals surface area contributed by atoms with Crippen LogP contribution in [0.5, 0.6) is 0 Å². The molecule has 1 unspecified atom stereocenters. The summed E-state index contributed by atoms with van der Waals surface area (Å²) in [7, 11) is 0. The smallest absolute Gasteiger partial charge is 0.243 e. The molecule has 17 heavy (non-hydrogen) atoms. The second-order valence-electron chi connectivity index (χ2n) is 4.01. The lowest BCUT2D eigenvalue weighted by Gasteiger charge is -2.21. The van der Waals surface area contributed by atoms with E-state index in [2.05, 4.69) is 10.6 Å². The van der Waals surface area contributed by atoms with Gasteiger partial charge in [0.2, 0.25) is 11.8 Å². The normalized spacial score (nSPS) is 20.2. The molecule has 1 aromatic rings. The highest BCUT2D eigenvalue weighted by Crippen LogP contribution is 2.10. The van der Waals surface area contributed by atoms with Gasteiger partial charge in [-0.15, -0.1) is 0 Å². The lowest BCUT2D eigenvalue weighted by Crippen LogP contribution is -2.50. The zero-order chi connectivity index (χ0) is 12.3. The van der Waals surface area contributed by atoms with E-state index in [0.29, 0.717) is 24.4 Å². The SMILES string of the molecule is O=C1CCC(NCc2ccc(Cl)cc2)C(=O)N1. The van der Waals surface area contributed by atoms with Crippen molar-refractivity contribution in [2.75, 3.05) is 0 Å². The predicted octanol–water partition coefficient (Wildman–Crippen LogP) is 1.23. The standard InChI is InChI=1S/C12H13ClN2O2/c13-9-3-1-8(2-4-9)7-14-10-5-6-11(16)15-12(10)17/h1-4,10,14H,5-7H2,(H,15,16,17). The van der Waals surface area contributed by atoms with Gasteiger partial charge in [0.05, 0.1) is 6.04 Å². The van der Waals surface area contributed by atoms with E-state index in [1.54, 1.807) is 0 Å². The Bertz CT molecular complexity index is 431. The largest absolute Gasteiger partial charge is 0.302 e. The van der Waals surface area contributed by atoms with Crippen LogP contribution in [0.4, 0.5) is 0 Å². The molecule has 90 valence electrons. The molecule has 0 spiro atoms. The minimum atomic E-state index is -0.289. The third-order valence-corrected chi connectivity index (χ3v) is 2.96. The van der Waals surface area contributed by atoms with E-state index in [1.165, 1.54) is 0 Å². The summed E-state index contributed by atoms with van der Waals surface area (Å²) in [5.41, 5.74) is 1.05. The first-order chi connectivity index (χ1) is 8.15. The maximum atomic E-state index is 11.5. The average molecular weight is 253 g/mol. The molecule has 1 heterocycles. The van der Waals surface area contributed by atoms with Crippen LogP contribution in [-0.2, 0) is 16.1 Å². The fourth-order valence-corrected chi connectivity index (χ4v) is 1.86. The van der Waals surface area contributed by atoms with E-state index in [0.717, 1.165) is 5.56 Å². The van der Waals surface area contributed by atoms with Gasteiger partial charge in [-0.05, 0) is 24.1 Å². The van der Waals surface area contributed by atoms with Crippen molar-refractivity contribution >= 4 is 23.4 Å². The van der Waals surface area contributed by atoms with Crippen LogP contribution in [-0.4, -0.2) is 17.9 Å². The number of hydrogen-bond donors (Lipinski definition) is 2. The van der Waals surface area contributed by atoms with Crippen molar-refractivity contribution in [3.63, 3.8) is 0 Å². The minimum Gasteiger partial charge on any atom is -0.302 e. The van der Waals surface area contributed by atoms with Crippen LogP contribution < -0.4 is 10.6 Å². The average Bonchev–Trinajstić information content (AvgIpc) is 2.30. The third kappa shape index (κ3) is 3.28. The molecule has 4 nitrogen and oxygen atoms in total. The van der Waals surface area contributed by atoms with E-state index >= 15 is 0 Å². The second kappa shape index (κ2) is 5.29. The van der Waals surface area contributed by atoms with Gasteiger partial charge in [-0.1, -0.05) is 23.7 Å². The molecule has 1 fully saturated rings. The summed E-state index contributed by atoms with van der Waals surface area (Å²) in [5, 5.41) is 6.12. The first-order valence-corrected chi connectivity index (χ1v) is 5.84. The lowest BCUT2D eigenvalue weighted by atomic mass is 10.1. The Labute approximate surface area is 104 Å². The Morgan fingerprint density at radius 1 is 1.29 bits per heavy atom. The number of hydrogen-bond acceptors (Lipinski definition) is 3. The Balaban J connectivity index is 1.88. The van der Waals surface area contributed by atoms with Crippen molar-refractivity contribution in [2.24, 2.45) is 0 Å². The quantitative estimate of drug-likeness (QED) is 0.796. The molecule has 2 N–H and O–H groups in total. The van der Waals surface area contributed by atoms with Crippen LogP contribution >= 0.6 is 11.6 Å². The first-order valence-electron chi connectivity index (χ1n) is 5.46. The van der Waals surface area contributed by atoms with Crippen molar-refractivity contribution < 1.29 is 9.59 Å². The number of rotatable bonds is 3. The third-order valence-electron chi connectivity index (χ3n) is 2.71. The number of halogens is 1. The number of piperidine rings is 1. The highest BCUT2D eigenvalue weighted by molar-refractivity contribution is 6.30. The van der Waals surface area contributed by atoms with E-state index in [1.807, 2.05) is 24.3 Å².